The summed E-state index contributed by atoms with van der Waals surface area (Å²) in [6.07, 6.45) is 3.28. The van der Waals surface area contributed by atoms with Gasteiger partial charge in [-0.3, -0.25) is 0 Å². The summed E-state index contributed by atoms with van der Waals surface area (Å²) in [4.78, 5) is 8.98. The van der Waals surface area contributed by atoms with Crippen molar-refractivity contribution < 1.29 is 0 Å². The van der Waals surface area contributed by atoms with Gasteiger partial charge in [0.15, 0.2) is 0 Å². The van der Waals surface area contributed by atoms with E-state index in [1.165, 1.54) is 0 Å². The maximum absolute atomic E-state index is 4.53. The third kappa shape index (κ3) is 4.72. The minimum atomic E-state index is 0.337. The Hall–Kier alpha value is -0.970. The van der Waals surface area contributed by atoms with Gasteiger partial charge in [-0.1, -0.05) is 20.8 Å². The van der Waals surface area contributed by atoms with Crippen LogP contribution in [0.5, 0.6) is 0 Å². The van der Waals surface area contributed by atoms with E-state index in [0.717, 1.165) is 30.4 Å². The Morgan fingerprint density at radius 1 is 1.22 bits per heavy atom. The standard InChI is InChI=1S/C13H24N4S/c1-9(2)13-16-11(14-4)8-12(17-13)15-7-6-10(3)18-5/h8-10H,6-7H2,1-5H3,(H2,14,15,16,17). The number of thioether (sulfide) groups is 1. The van der Waals surface area contributed by atoms with Crippen LogP contribution in [0, 0.1) is 0 Å². The molecule has 0 saturated carbocycles. The fraction of sp³-hybridized carbons (Fsp3) is 0.692. The lowest BCUT2D eigenvalue weighted by Crippen LogP contribution is -2.11. The zero-order valence-electron chi connectivity index (χ0n) is 11.9. The summed E-state index contributed by atoms with van der Waals surface area (Å²) in [7, 11) is 1.88. The molecule has 0 aliphatic rings. The SMILES string of the molecule is CNc1cc(NCCC(C)SC)nc(C(C)C)n1. The summed E-state index contributed by atoms with van der Waals surface area (Å²) >= 11 is 1.89. The molecule has 0 aliphatic carbocycles. The van der Waals surface area contributed by atoms with Crippen LogP contribution < -0.4 is 10.6 Å². The summed E-state index contributed by atoms with van der Waals surface area (Å²) in [5.74, 6) is 2.99. The summed E-state index contributed by atoms with van der Waals surface area (Å²) in [6.45, 7) is 7.40. The minimum absolute atomic E-state index is 0.337. The first-order valence-corrected chi connectivity index (χ1v) is 7.69. The largest absolute Gasteiger partial charge is 0.373 e. The first-order chi connectivity index (χ1) is 8.56. The van der Waals surface area contributed by atoms with E-state index >= 15 is 0 Å². The molecule has 0 saturated heterocycles. The summed E-state index contributed by atoms with van der Waals surface area (Å²) in [6, 6.07) is 1.95. The predicted octanol–water partition coefficient (Wildman–Crippen LogP) is 3.20. The highest BCUT2D eigenvalue weighted by atomic mass is 32.2. The Morgan fingerprint density at radius 2 is 1.89 bits per heavy atom. The van der Waals surface area contributed by atoms with Crippen molar-refractivity contribution in [3.63, 3.8) is 0 Å². The van der Waals surface area contributed by atoms with E-state index in [1.807, 2.05) is 24.9 Å². The molecule has 4 nitrogen and oxygen atoms in total. The van der Waals surface area contributed by atoms with Crippen molar-refractivity contribution in [1.82, 2.24) is 9.97 Å². The number of rotatable bonds is 7. The molecule has 1 aromatic rings. The first kappa shape index (κ1) is 15.1. The molecule has 0 amide bonds. The zero-order valence-corrected chi connectivity index (χ0v) is 12.8. The molecule has 1 aromatic heterocycles. The molecule has 18 heavy (non-hydrogen) atoms. The van der Waals surface area contributed by atoms with Crippen LogP contribution in [0.25, 0.3) is 0 Å². The average Bonchev–Trinajstić information content (AvgIpc) is 2.37. The molecular formula is C13H24N4S. The quantitative estimate of drug-likeness (QED) is 0.795. The van der Waals surface area contributed by atoms with E-state index in [4.69, 9.17) is 0 Å². The fourth-order valence-corrected chi connectivity index (χ4v) is 1.82. The van der Waals surface area contributed by atoms with Crippen LogP contribution in [-0.2, 0) is 0 Å². The highest BCUT2D eigenvalue weighted by Gasteiger charge is 2.07. The van der Waals surface area contributed by atoms with E-state index in [0.29, 0.717) is 11.2 Å². The van der Waals surface area contributed by atoms with Gasteiger partial charge in [-0.25, -0.2) is 9.97 Å². The molecule has 0 radical (unpaired) electrons. The van der Waals surface area contributed by atoms with E-state index < -0.39 is 0 Å². The van der Waals surface area contributed by atoms with E-state index in [9.17, 15) is 0 Å². The van der Waals surface area contributed by atoms with Crippen molar-refractivity contribution in [2.45, 2.75) is 38.4 Å². The number of aromatic nitrogens is 2. The molecule has 2 N–H and O–H groups in total. The molecule has 0 bridgehead atoms. The highest BCUT2D eigenvalue weighted by Crippen LogP contribution is 2.17. The van der Waals surface area contributed by atoms with Crippen molar-refractivity contribution in [2.75, 3.05) is 30.5 Å². The molecule has 102 valence electrons. The van der Waals surface area contributed by atoms with Gasteiger partial charge in [0.05, 0.1) is 0 Å². The maximum Gasteiger partial charge on any atom is 0.135 e. The van der Waals surface area contributed by atoms with Gasteiger partial charge in [0, 0.05) is 30.8 Å². The average molecular weight is 268 g/mol. The molecular weight excluding hydrogens is 244 g/mol. The summed E-state index contributed by atoms with van der Waals surface area (Å²) in [5, 5.41) is 7.13. The molecule has 0 aliphatic heterocycles. The topological polar surface area (TPSA) is 49.8 Å². The van der Waals surface area contributed by atoms with Crippen LogP contribution in [0.15, 0.2) is 6.07 Å². The summed E-state index contributed by atoms with van der Waals surface area (Å²) in [5.41, 5.74) is 0. The molecule has 1 heterocycles. The molecule has 0 aromatic carbocycles. The van der Waals surface area contributed by atoms with Gasteiger partial charge in [0.1, 0.15) is 17.5 Å². The second-order valence-corrected chi connectivity index (χ2v) is 5.94. The van der Waals surface area contributed by atoms with Crippen LogP contribution in [0.1, 0.15) is 38.9 Å². The van der Waals surface area contributed by atoms with E-state index in [2.05, 4.69) is 47.6 Å². The zero-order chi connectivity index (χ0) is 13.5. The molecule has 1 unspecified atom stereocenters. The lowest BCUT2D eigenvalue weighted by atomic mass is 10.2. The van der Waals surface area contributed by atoms with Crippen molar-refractivity contribution in [2.24, 2.45) is 0 Å². The first-order valence-electron chi connectivity index (χ1n) is 6.40. The second-order valence-electron chi connectivity index (χ2n) is 4.66. The summed E-state index contributed by atoms with van der Waals surface area (Å²) < 4.78 is 0. The number of anilines is 2. The van der Waals surface area contributed by atoms with Gasteiger partial charge in [0.25, 0.3) is 0 Å². The molecule has 1 rings (SSSR count). The van der Waals surface area contributed by atoms with Crippen LogP contribution in [0.3, 0.4) is 0 Å². The van der Waals surface area contributed by atoms with Gasteiger partial charge < -0.3 is 10.6 Å². The van der Waals surface area contributed by atoms with Crippen LogP contribution >= 0.6 is 11.8 Å². The molecule has 0 spiro atoms. The fourth-order valence-electron chi connectivity index (χ4n) is 1.46. The Kier molecular flexibility index (Phi) is 6.25. The highest BCUT2D eigenvalue weighted by molar-refractivity contribution is 7.99. The lowest BCUT2D eigenvalue weighted by Gasteiger charge is -2.13. The third-order valence-corrected chi connectivity index (χ3v) is 3.82. The maximum atomic E-state index is 4.53. The van der Waals surface area contributed by atoms with E-state index in [-0.39, 0.29) is 0 Å². The monoisotopic (exact) mass is 268 g/mol. The van der Waals surface area contributed by atoms with Crippen molar-refractivity contribution >= 4 is 23.4 Å². The Morgan fingerprint density at radius 3 is 2.44 bits per heavy atom. The Labute approximate surface area is 114 Å². The van der Waals surface area contributed by atoms with Gasteiger partial charge >= 0.3 is 0 Å². The predicted molar refractivity (Wildman–Crippen MR) is 81.8 cm³/mol. The van der Waals surface area contributed by atoms with Crippen LogP contribution in [0.2, 0.25) is 0 Å². The molecule has 1 atom stereocenters. The van der Waals surface area contributed by atoms with Crippen LogP contribution in [-0.4, -0.2) is 35.1 Å². The lowest BCUT2D eigenvalue weighted by molar-refractivity contribution is 0.773. The Balaban J connectivity index is 2.66. The third-order valence-electron chi connectivity index (χ3n) is 2.78. The van der Waals surface area contributed by atoms with Crippen molar-refractivity contribution in [3.8, 4) is 0 Å². The van der Waals surface area contributed by atoms with Gasteiger partial charge in [-0.15, -0.1) is 0 Å². The van der Waals surface area contributed by atoms with Crippen LogP contribution in [0.4, 0.5) is 11.6 Å². The normalized spacial score (nSPS) is 12.6. The Bertz CT molecular complexity index is 368. The molecule has 5 heteroatoms. The second kappa shape index (κ2) is 7.46. The number of nitrogens with one attached hydrogen (secondary N) is 2. The molecule has 0 fully saturated rings. The van der Waals surface area contributed by atoms with Gasteiger partial charge in [0.2, 0.25) is 0 Å². The van der Waals surface area contributed by atoms with Gasteiger partial charge in [-0.2, -0.15) is 11.8 Å². The minimum Gasteiger partial charge on any atom is -0.373 e. The number of nitrogens with zero attached hydrogens (tertiary/aromatic N) is 2. The number of hydrogen-bond acceptors (Lipinski definition) is 5. The van der Waals surface area contributed by atoms with Crippen molar-refractivity contribution in [3.05, 3.63) is 11.9 Å². The van der Waals surface area contributed by atoms with Crippen molar-refractivity contribution in [1.29, 1.82) is 0 Å². The van der Waals surface area contributed by atoms with Gasteiger partial charge in [-0.05, 0) is 12.7 Å². The van der Waals surface area contributed by atoms with E-state index in [1.54, 1.807) is 0 Å². The number of hydrogen-bond donors (Lipinski definition) is 2. The smallest absolute Gasteiger partial charge is 0.135 e.